The minimum atomic E-state index is -1.46. The van der Waals surface area contributed by atoms with Gasteiger partial charge in [0.2, 0.25) is 3.79 Å². The van der Waals surface area contributed by atoms with E-state index in [0.717, 1.165) is 16.9 Å². The van der Waals surface area contributed by atoms with Crippen molar-refractivity contribution in [2.24, 2.45) is 0 Å². The summed E-state index contributed by atoms with van der Waals surface area (Å²) in [5, 5.41) is 0. The van der Waals surface area contributed by atoms with Gasteiger partial charge in [0.15, 0.2) is 0 Å². The second kappa shape index (κ2) is 6.84. The van der Waals surface area contributed by atoms with Crippen LogP contribution in [0.1, 0.15) is 5.56 Å². The predicted octanol–water partition coefficient (Wildman–Crippen LogP) is 6.97. The lowest BCUT2D eigenvalue weighted by Gasteiger charge is -2.13. The molecule has 0 N–H and O–H groups in total. The van der Waals surface area contributed by atoms with Gasteiger partial charge >= 0.3 is 0 Å². The van der Waals surface area contributed by atoms with Crippen LogP contribution in [0, 0.1) is 0 Å². The van der Waals surface area contributed by atoms with Crippen LogP contribution in [-0.4, -0.2) is 0 Å². The summed E-state index contributed by atoms with van der Waals surface area (Å²) >= 11 is 17.7. The van der Waals surface area contributed by atoms with Gasteiger partial charge < -0.3 is 4.74 Å². The number of hydrogen-bond acceptors (Lipinski definition) is 1. The van der Waals surface area contributed by atoms with E-state index in [1.54, 1.807) is 18.2 Å². The maximum atomic E-state index is 5.90. The standard InChI is InChI=1S/C19H13Cl3O/c20-19(21,22)16-7-4-8-18(13-16)23-17-11-9-15(10-12-17)14-5-2-1-3-6-14/h1-13H. The molecule has 23 heavy (non-hydrogen) atoms. The molecule has 0 aliphatic rings. The van der Waals surface area contributed by atoms with Crippen LogP contribution < -0.4 is 4.74 Å². The van der Waals surface area contributed by atoms with E-state index in [9.17, 15) is 0 Å². The van der Waals surface area contributed by atoms with Gasteiger partial charge in [0.05, 0.1) is 0 Å². The largest absolute Gasteiger partial charge is 0.457 e. The Morgan fingerprint density at radius 2 is 1.26 bits per heavy atom. The second-order valence-corrected chi connectivity index (χ2v) is 7.30. The second-order valence-electron chi connectivity index (χ2n) is 5.02. The van der Waals surface area contributed by atoms with Gasteiger partial charge in [0.25, 0.3) is 0 Å². The van der Waals surface area contributed by atoms with E-state index in [4.69, 9.17) is 39.5 Å². The molecule has 0 atom stereocenters. The van der Waals surface area contributed by atoms with Crippen LogP contribution in [0.15, 0.2) is 78.9 Å². The van der Waals surface area contributed by atoms with E-state index in [2.05, 4.69) is 12.1 Å². The molecule has 3 aromatic rings. The fourth-order valence-corrected chi connectivity index (χ4v) is 2.57. The lowest BCUT2D eigenvalue weighted by molar-refractivity contribution is 0.482. The molecule has 0 saturated heterocycles. The molecule has 0 saturated carbocycles. The molecule has 0 spiro atoms. The topological polar surface area (TPSA) is 9.23 Å². The van der Waals surface area contributed by atoms with Crippen LogP contribution in [0.5, 0.6) is 11.5 Å². The molecule has 3 rings (SSSR count). The van der Waals surface area contributed by atoms with Crippen LogP contribution in [0.25, 0.3) is 11.1 Å². The molecule has 116 valence electrons. The Kier molecular flexibility index (Phi) is 4.82. The summed E-state index contributed by atoms with van der Waals surface area (Å²) < 4.78 is 4.37. The molecule has 0 heterocycles. The zero-order valence-electron chi connectivity index (χ0n) is 12.0. The highest BCUT2D eigenvalue weighted by Crippen LogP contribution is 2.39. The Morgan fingerprint density at radius 3 is 1.91 bits per heavy atom. The van der Waals surface area contributed by atoms with E-state index in [-0.39, 0.29) is 0 Å². The molecule has 3 aromatic carbocycles. The summed E-state index contributed by atoms with van der Waals surface area (Å²) in [7, 11) is 0. The summed E-state index contributed by atoms with van der Waals surface area (Å²) in [5.41, 5.74) is 2.87. The lowest BCUT2D eigenvalue weighted by Crippen LogP contribution is -1.99. The Balaban J connectivity index is 1.79. The zero-order chi connectivity index (χ0) is 16.3. The summed E-state index contributed by atoms with van der Waals surface area (Å²) in [6, 6.07) is 25.1. The molecule has 0 amide bonds. The van der Waals surface area contributed by atoms with Gasteiger partial charge in [-0.15, -0.1) is 0 Å². The number of ether oxygens (including phenoxy) is 1. The smallest absolute Gasteiger partial charge is 0.216 e. The molecule has 0 aliphatic carbocycles. The van der Waals surface area contributed by atoms with Crippen molar-refractivity contribution < 1.29 is 4.74 Å². The molecule has 0 bridgehead atoms. The van der Waals surface area contributed by atoms with Gasteiger partial charge in [-0.05, 0) is 35.4 Å². The normalized spacial score (nSPS) is 11.3. The van der Waals surface area contributed by atoms with E-state index in [1.165, 1.54) is 0 Å². The summed E-state index contributed by atoms with van der Waals surface area (Å²) in [4.78, 5) is 0. The van der Waals surface area contributed by atoms with Gasteiger partial charge in [-0.3, -0.25) is 0 Å². The Bertz CT molecular complexity index is 778. The molecular weight excluding hydrogens is 351 g/mol. The third kappa shape index (κ3) is 4.20. The maximum absolute atomic E-state index is 5.90. The first-order valence-corrected chi connectivity index (χ1v) is 8.16. The van der Waals surface area contributed by atoms with Gasteiger partial charge in [0.1, 0.15) is 11.5 Å². The van der Waals surface area contributed by atoms with Crippen molar-refractivity contribution in [3.8, 4) is 22.6 Å². The maximum Gasteiger partial charge on any atom is 0.216 e. The van der Waals surface area contributed by atoms with Crippen molar-refractivity contribution >= 4 is 34.8 Å². The lowest BCUT2D eigenvalue weighted by atomic mass is 10.1. The van der Waals surface area contributed by atoms with Gasteiger partial charge in [0, 0.05) is 5.56 Å². The SMILES string of the molecule is ClC(Cl)(Cl)c1cccc(Oc2ccc(-c3ccccc3)cc2)c1. The van der Waals surface area contributed by atoms with Crippen molar-refractivity contribution in [1.29, 1.82) is 0 Å². The molecule has 0 aromatic heterocycles. The first-order valence-electron chi connectivity index (χ1n) is 7.03. The summed E-state index contributed by atoms with van der Waals surface area (Å²) in [6.45, 7) is 0. The number of benzene rings is 3. The monoisotopic (exact) mass is 362 g/mol. The third-order valence-corrected chi connectivity index (χ3v) is 4.01. The van der Waals surface area contributed by atoms with E-state index in [1.807, 2.05) is 48.5 Å². The minimum Gasteiger partial charge on any atom is -0.457 e. The Hall–Kier alpha value is -1.67. The van der Waals surface area contributed by atoms with Crippen molar-refractivity contribution in [3.05, 3.63) is 84.4 Å². The summed E-state index contributed by atoms with van der Waals surface area (Å²) in [5.74, 6) is 1.35. The number of rotatable bonds is 3. The average Bonchev–Trinajstić information content (AvgIpc) is 2.56. The van der Waals surface area contributed by atoms with Crippen LogP contribution in [0.2, 0.25) is 0 Å². The average molecular weight is 364 g/mol. The molecule has 0 radical (unpaired) electrons. The highest BCUT2D eigenvalue weighted by Gasteiger charge is 2.22. The minimum absolute atomic E-state index is 0.570. The molecule has 0 fully saturated rings. The van der Waals surface area contributed by atoms with Gasteiger partial charge in [-0.2, -0.15) is 0 Å². The molecule has 1 nitrogen and oxygen atoms in total. The zero-order valence-corrected chi connectivity index (χ0v) is 14.3. The first kappa shape index (κ1) is 16.2. The van der Waals surface area contributed by atoms with Crippen molar-refractivity contribution in [2.75, 3.05) is 0 Å². The highest BCUT2D eigenvalue weighted by atomic mass is 35.6. The molecule has 0 aliphatic heterocycles. The fourth-order valence-electron chi connectivity index (χ4n) is 2.22. The molecule has 0 unspecified atom stereocenters. The van der Waals surface area contributed by atoms with Crippen LogP contribution >= 0.6 is 34.8 Å². The van der Waals surface area contributed by atoms with Gasteiger partial charge in [-0.1, -0.05) is 89.4 Å². The Morgan fingerprint density at radius 1 is 0.609 bits per heavy atom. The fraction of sp³-hybridized carbons (Fsp3) is 0.0526. The number of alkyl halides is 3. The first-order chi connectivity index (χ1) is 11.0. The van der Waals surface area contributed by atoms with E-state index >= 15 is 0 Å². The van der Waals surface area contributed by atoms with Gasteiger partial charge in [-0.25, -0.2) is 0 Å². The predicted molar refractivity (Wildman–Crippen MR) is 97.6 cm³/mol. The van der Waals surface area contributed by atoms with E-state index in [0.29, 0.717) is 11.3 Å². The number of hydrogen-bond donors (Lipinski definition) is 0. The third-order valence-electron chi connectivity index (χ3n) is 3.36. The van der Waals surface area contributed by atoms with Crippen LogP contribution in [0.3, 0.4) is 0 Å². The number of halogens is 3. The van der Waals surface area contributed by atoms with Crippen molar-refractivity contribution in [1.82, 2.24) is 0 Å². The highest BCUT2D eigenvalue weighted by molar-refractivity contribution is 6.66. The van der Waals surface area contributed by atoms with E-state index < -0.39 is 3.79 Å². The molecular formula is C19H13Cl3O. The van der Waals surface area contributed by atoms with Crippen molar-refractivity contribution in [2.45, 2.75) is 3.79 Å². The quantitative estimate of drug-likeness (QED) is 0.456. The van der Waals surface area contributed by atoms with Crippen LogP contribution in [0.4, 0.5) is 0 Å². The Labute approximate surface area is 150 Å². The molecule has 4 heteroatoms. The van der Waals surface area contributed by atoms with Crippen molar-refractivity contribution in [3.63, 3.8) is 0 Å². The summed E-state index contributed by atoms with van der Waals surface area (Å²) in [6.07, 6.45) is 0. The van der Waals surface area contributed by atoms with Crippen LogP contribution in [-0.2, 0) is 3.79 Å².